The molecule has 0 aliphatic carbocycles. The number of urea groups is 1. The highest BCUT2D eigenvalue weighted by atomic mass is 35.5. The molecular weight excluding hydrogens is 349 g/mol. The molecule has 0 bridgehead atoms. The van der Waals surface area contributed by atoms with Crippen molar-refractivity contribution in [2.75, 3.05) is 32.1 Å². The van der Waals surface area contributed by atoms with Crippen molar-refractivity contribution in [1.29, 1.82) is 0 Å². The summed E-state index contributed by atoms with van der Waals surface area (Å²) in [5.41, 5.74) is -1.08. The Morgan fingerprint density at radius 2 is 2.16 bits per heavy atom. The molecule has 0 spiro atoms. The lowest BCUT2D eigenvalue weighted by atomic mass is 10.1. The number of hydrogen-bond donors (Lipinski definition) is 2. The van der Waals surface area contributed by atoms with Crippen LogP contribution in [0.3, 0.4) is 0 Å². The topological polar surface area (TPSA) is 72.9 Å². The molecule has 1 aromatic carbocycles. The first-order chi connectivity index (χ1) is 11.7. The number of hydrogen-bond acceptors (Lipinski definition) is 3. The number of aliphatic hydroxyl groups is 1. The van der Waals surface area contributed by atoms with Gasteiger partial charge in [-0.2, -0.15) is 0 Å². The summed E-state index contributed by atoms with van der Waals surface area (Å²) >= 11 is 6.10. The number of anilines is 1. The second-order valence-electron chi connectivity index (χ2n) is 6.62. The van der Waals surface area contributed by atoms with Crippen LogP contribution in [-0.2, 0) is 0 Å². The number of alkyl halides is 1. The van der Waals surface area contributed by atoms with Gasteiger partial charge in [0, 0.05) is 31.6 Å². The fraction of sp³-hybridized carbons (Fsp3) is 0.529. The molecule has 1 unspecified atom stereocenters. The molecule has 0 saturated carbocycles. The monoisotopic (exact) mass is 371 g/mol. The fourth-order valence-corrected chi connectivity index (χ4v) is 2.69. The summed E-state index contributed by atoms with van der Waals surface area (Å²) in [5.74, 6) is -0.189. The van der Waals surface area contributed by atoms with E-state index >= 15 is 0 Å². The van der Waals surface area contributed by atoms with Crippen molar-refractivity contribution in [2.24, 2.45) is 0 Å². The minimum atomic E-state index is -1.76. The van der Waals surface area contributed by atoms with Crippen LogP contribution in [0.2, 0.25) is 5.02 Å². The molecule has 138 valence electrons. The van der Waals surface area contributed by atoms with Gasteiger partial charge in [0.25, 0.3) is 5.91 Å². The van der Waals surface area contributed by atoms with Gasteiger partial charge in [0.1, 0.15) is 0 Å². The average Bonchev–Trinajstić information content (AvgIpc) is 2.98. The Kier molecular flexibility index (Phi) is 5.90. The second-order valence-corrected chi connectivity index (χ2v) is 7.02. The molecule has 1 aliphatic heterocycles. The SMILES string of the molecule is CC(C)N(C)C(=O)c1ccc(Cl)c(NC(=O)N2CCC(F)(CO)C2)c1. The molecule has 1 saturated heterocycles. The average molecular weight is 372 g/mol. The van der Waals surface area contributed by atoms with E-state index in [9.17, 15) is 14.0 Å². The third-order valence-corrected chi connectivity index (χ3v) is 4.75. The Balaban J connectivity index is 2.13. The summed E-state index contributed by atoms with van der Waals surface area (Å²) in [6.45, 7) is 3.20. The van der Waals surface area contributed by atoms with Crippen LogP contribution >= 0.6 is 11.6 Å². The Bertz CT molecular complexity index is 671. The molecule has 1 aromatic rings. The predicted molar refractivity (Wildman–Crippen MR) is 94.8 cm³/mol. The van der Waals surface area contributed by atoms with Crippen LogP contribution in [0.4, 0.5) is 14.9 Å². The molecule has 1 heterocycles. The number of benzene rings is 1. The number of likely N-dealkylation sites (tertiary alicyclic amines) is 1. The summed E-state index contributed by atoms with van der Waals surface area (Å²) in [5, 5.41) is 12.0. The molecule has 25 heavy (non-hydrogen) atoms. The van der Waals surface area contributed by atoms with E-state index in [1.54, 1.807) is 18.0 Å². The number of aliphatic hydroxyl groups excluding tert-OH is 1. The lowest BCUT2D eigenvalue weighted by Crippen LogP contribution is -2.38. The van der Waals surface area contributed by atoms with Crippen LogP contribution in [0.1, 0.15) is 30.6 Å². The van der Waals surface area contributed by atoms with Crippen molar-refractivity contribution in [3.63, 3.8) is 0 Å². The molecule has 2 N–H and O–H groups in total. The minimum absolute atomic E-state index is 0.0296. The van der Waals surface area contributed by atoms with Crippen molar-refractivity contribution in [3.05, 3.63) is 28.8 Å². The van der Waals surface area contributed by atoms with Crippen molar-refractivity contribution >= 4 is 29.2 Å². The van der Waals surface area contributed by atoms with Gasteiger partial charge >= 0.3 is 6.03 Å². The third-order valence-electron chi connectivity index (χ3n) is 4.42. The van der Waals surface area contributed by atoms with Crippen LogP contribution in [-0.4, -0.2) is 65.3 Å². The largest absolute Gasteiger partial charge is 0.393 e. The molecule has 1 atom stereocenters. The van der Waals surface area contributed by atoms with Gasteiger partial charge in [0.05, 0.1) is 23.9 Å². The fourth-order valence-electron chi connectivity index (χ4n) is 2.52. The van der Waals surface area contributed by atoms with Crippen molar-refractivity contribution in [2.45, 2.75) is 32.0 Å². The zero-order valence-corrected chi connectivity index (χ0v) is 15.3. The molecule has 0 aromatic heterocycles. The van der Waals surface area contributed by atoms with Gasteiger partial charge in [-0.05, 0) is 32.0 Å². The third kappa shape index (κ3) is 4.41. The summed E-state index contributed by atoms with van der Waals surface area (Å²) in [7, 11) is 1.69. The van der Waals surface area contributed by atoms with Crippen LogP contribution < -0.4 is 5.32 Å². The molecule has 0 radical (unpaired) electrons. The minimum Gasteiger partial charge on any atom is -0.393 e. The highest BCUT2D eigenvalue weighted by molar-refractivity contribution is 6.33. The van der Waals surface area contributed by atoms with E-state index in [2.05, 4.69) is 5.32 Å². The quantitative estimate of drug-likeness (QED) is 0.854. The lowest BCUT2D eigenvalue weighted by molar-refractivity contribution is 0.0755. The van der Waals surface area contributed by atoms with E-state index in [4.69, 9.17) is 16.7 Å². The van der Waals surface area contributed by atoms with Gasteiger partial charge in [-0.25, -0.2) is 9.18 Å². The van der Waals surface area contributed by atoms with Crippen LogP contribution in [0, 0.1) is 0 Å². The lowest BCUT2D eigenvalue weighted by Gasteiger charge is -2.22. The predicted octanol–water partition coefficient (Wildman–Crippen LogP) is 2.76. The van der Waals surface area contributed by atoms with Crippen molar-refractivity contribution in [1.82, 2.24) is 9.80 Å². The van der Waals surface area contributed by atoms with Gasteiger partial charge in [0.15, 0.2) is 5.67 Å². The van der Waals surface area contributed by atoms with E-state index < -0.39 is 18.3 Å². The smallest absolute Gasteiger partial charge is 0.321 e. The van der Waals surface area contributed by atoms with Gasteiger partial charge in [-0.15, -0.1) is 0 Å². The van der Waals surface area contributed by atoms with E-state index in [1.807, 2.05) is 13.8 Å². The first-order valence-electron chi connectivity index (χ1n) is 8.09. The molecule has 6 nitrogen and oxygen atoms in total. The molecule has 1 fully saturated rings. The van der Waals surface area contributed by atoms with Crippen LogP contribution in [0.25, 0.3) is 0 Å². The number of amides is 3. The molecular formula is C17H23ClFN3O3. The Hall–Kier alpha value is -1.86. The van der Waals surface area contributed by atoms with E-state index in [0.29, 0.717) is 5.56 Å². The zero-order valence-electron chi connectivity index (χ0n) is 14.6. The van der Waals surface area contributed by atoms with Crippen molar-refractivity contribution < 1.29 is 19.1 Å². The Morgan fingerprint density at radius 3 is 2.72 bits per heavy atom. The summed E-state index contributed by atoms with van der Waals surface area (Å²) in [6, 6.07) is 4.15. The van der Waals surface area contributed by atoms with Gasteiger partial charge in [-0.1, -0.05) is 11.6 Å². The van der Waals surface area contributed by atoms with Crippen LogP contribution in [0.15, 0.2) is 18.2 Å². The highest BCUT2D eigenvalue weighted by Gasteiger charge is 2.39. The number of carbonyl (C=O) groups excluding carboxylic acids is 2. The van der Waals surface area contributed by atoms with Gasteiger partial charge < -0.3 is 20.2 Å². The highest BCUT2D eigenvalue weighted by Crippen LogP contribution is 2.28. The maximum Gasteiger partial charge on any atom is 0.321 e. The zero-order chi connectivity index (χ0) is 18.8. The van der Waals surface area contributed by atoms with Crippen LogP contribution in [0.5, 0.6) is 0 Å². The molecule has 2 rings (SSSR count). The maximum atomic E-state index is 14.1. The number of halogens is 2. The van der Waals surface area contributed by atoms with Crippen molar-refractivity contribution in [3.8, 4) is 0 Å². The van der Waals surface area contributed by atoms with Gasteiger partial charge in [-0.3, -0.25) is 4.79 Å². The number of nitrogens with one attached hydrogen (secondary N) is 1. The first-order valence-corrected chi connectivity index (χ1v) is 8.47. The number of carbonyl (C=O) groups is 2. The normalized spacial score (nSPS) is 20.0. The second kappa shape index (κ2) is 7.58. The van der Waals surface area contributed by atoms with E-state index in [-0.39, 0.29) is 42.2 Å². The Labute approximate surface area is 151 Å². The standard InChI is InChI=1S/C17H23ClFN3O3/c1-11(2)21(3)15(24)12-4-5-13(18)14(8-12)20-16(25)22-7-6-17(19,9-22)10-23/h4-5,8,11,23H,6-7,9-10H2,1-3H3,(H,20,25). The first kappa shape index (κ1) is 19.5. The Morgan fingerprint density at radius 1 is 1.48 bits per heavy atom. The summed E-state index contributed by atoms with van der Waals surface area (Å²) in [6.07, 6.45) is 0.0857. The number of nitrogens with zero attached hydrogens (tertiary/aromatic N) is 2. The molecule has 8 heteroatoms. The van der Waals surface area contributed by atoms with E-state index in [0.717, 1.165) is 0 Å². The molecule has 3 amide bonds. The molecule has 1 aliphatic rings. The maximum absolute atomic E-state index is 14.1. The summed E-state index contributed by atoms with van der Waals surface area (Å²) < 4.78 is 14.1. The number of rotatable bonds is 4. The van der Waals surface area contributed by atoms with E-state index in [1.165, 1.54) is 17.0 Å². The van der Waals surface area contributed by atoms with Gasteiger partial charge in [0.2, 0.25) is 0 Å². The summed E-state index contributed by atoms with van der Waals surface area (Å²) in [4.78, 5) is 27.6.